The van der Waals surface area contributed by atoms with Crippen LogP contribution in [0.15, 0.2) is 200 Å². The molecule has 10 aromatic rings. The van der Waals surface area contributed by atoms with Crippen LogP contribution in [-0.4, -0.2) is 0 Å². The molecule has 0 aliphatic heterocycles. The van der Waals surface area contributed by atoms with E-state index in [1.165, 1.54) is 93.3 Å². The molecule has 11 rings (SSSR count). The van der Waals surface area contributed by atoms with Gasteiger partial charge in [0.05, 0.1) is 5.69 Å². The van der Waals surface area contributed by atoms with E-state index in [-0.39, 0.29) is 5.41 Å². The number of anilines is 3. The number of benzene rings is 10. The van der Waals surface area contributed by atoms with Gasteiger partial charge in [0.25, 0.3) is 0 Å². The Kier molecular flexibility index (Phi) is 7.28. The fourth-order valence-corrected chi connectivity index (χ4v) is 9.43. The van der Waals surface area contributed by atoms with E-state index < -0.39 is 0 Å². The van der Waals surface area contributed by atoms with Gasteiger partial charge in [-0.1, -0.05) is 178 Å². The summed E-state index contributed by atoms with van der Waals surface area (Å²) in [6, 6.07) is 73.9. The minimum atomic E-state index is -0.0931. The standard InChI is InChI=1S/C55H39N/c1-55(2)51-18-8-7-16-50(51)54-52(55)19-10-20-53(54)56(43-30-23-39(24-31-43)45-17-9-13-37-11-3-5-14-44(37)45)42-28-21-36(22-29-42)40-26-32-47-41(35-40)27-34-48-46-15-6-4-12-38(46)25-33-49(47)48/h3-35H,1-2H3. The van der Waals surface area contributed by atoms with E-state index in [1.807, 2.05) is 0 Å². The molecule has 1 aliphatic rings. The van der Waals surface area contributed by atoms with Crippen LogP contribution in [0.5, 0.6) is 0 Å². The molecule has 1 heteroatoms. The third-order valence-electron chi connectivity index (χ3n) is 12.3. The smallest absolute Gasteiger partial charge is 0.0543 e. The highest BCUT2D eigenvalue weighted by Gasteiger charge is 2.37. The van der Waals surface area contributed by atoms with Gasteiger partial charge in [-0.3, -0.25) is 0 Å². The predicted molar refractivity (Wildman–Crippen MR) is 240 cm³/mol. The van der Waals surface area contributed by atoms with E-state index in [9.17, 15) is 0 Å². The van der Waals surface area contributed by atoms with E-state index in [2.05, 4.69) is 219 Å². The van der Waals surface area contributed by atoms with E-state index in [1.54, 1.807) is 0 Å². The summed E-state index contributed by atoms with van der Waals surface area (Å²) in [5, 5.41) is 10.2. The maximum absolute atomic E-state index is 2.45. The SMILES string of the molecule is CC1(C)c2ccccc2-c2c(N(c3ccc(-c4ccc5c(ccc6c7ccccc7ccc56)c4)cc3)c3ccc(-c4cccc5ccccc45)cc3)cccc21. The fourth-order valence-electron chi connectivity index (χ4n) is 9.43. The summed E-state index contributed by atoms with van der Waals surface area (Å²) in [5.74, 6) is 0. The third kappa shape index (κ3) is 5.01. The summed E-state index contributed by atoms with van der Waals surface area (Å²) >= 11 is 0. The fraction of sp³-hybridized carbons (Fsp3) is 0.0545. The zero-order valence-electron chi connectivity index (χ0n) is 31.5. The van der Waals surface area contributed by atoms with Crippen molar-refractivity contribution < 1.29 is 0 Å². The van der Waals surface area contributed by atoms with Crippen molar-refractivity contribution in [2.24, 2.45) is 0 Å². The Morgan fingerprint density at radius 2 is 0.857 bits per heavy atom. The minimum Gasteiger partial charge on any atom is -0.310 e. The van der Waals surface area contributed by atoms with Crippen LogP contribution in [0.1, 0.15) is 25.0 Å². The molecule has 0 bridgehead atoms. The number of fused-ring (bicyclic) bond motifs is 9. The summed E-state index contributed by atoms with van der Waals surface area (Å²) in [5.41, 5.74) is 13.6. The first-order chi connectivity index (χ1) is 27.5. The van der Waals surface area contributed by atoms with E-state index >= 15 is 0 Å². The molecule has 56 heavy (non-hydrogen) atoms. The highest BCUT2D eigenvalue weighted by Crippen LogP contribution is 2.54. The van der Waals surface area contributed by atoms with Crippen LogP contribution in [0, 0.1) is 0 Å². The third-order valence-corrected chi connectivity index (χ3v) is 12.3. The van der Waals surface area contributed by atoms with Crippen molar-refractivity contribution in [2.75, 3.05) is 4.90 Å². The second-order valence-electron chi connectivity index (χ2n) is 15.7. The van der Waals surface area contributed by atoms with Crippen molar-refractivity contribution in [2.45, 2.75) is 19.3 Å². The first-order valence-corrected chi connectivity index (χ1v) is 19.6. The van der Waals surface area contributed by atoms with Crippen LogP contribution >= 0.6 is 0 Å². The lowest BCUT2D eigenvalue weighted by Gasteiger charge is -2.29. The van der Waals surface area contributed by atoms with E-state index in [0.29, 0.717) is 0 Å². The number of hydrogen-bond acceptors (Lipinski definition) is 1. The lowest BCUT2D eigenvalue weighted by Crippen LogP contribution is -2.16. The molecule has 0 amide bonds. The van der Waals surface area contributed by atoms with Crippen molar-refractivity contribution >= 4 is 60.2 Å². The van der Waals surface area contributed by atoms with Crippen LogP contribution in [0.4, 0.5) is 17.1 Å². The van der Waals surface area contributed by atoms with Gasteiger partial charge in [0.15, 0.2) is 0 Å². The molecule has 0 atom stereocenters. The number of nitrogens with zero attached hydrogens (tertiary/aromatic N) is 1. The average molecular weight is 714 g/mol. The monoisotopic (exact) mass is 713 g/mol. The van der Waals surface area contributed by atoms with Crippen LogP contribution in [0.25, 0.3) is 76.5 Å². The number of rotatable bonds is 5. The maximum Gasteiger partial charge on any atom is 0.0543 e. The first-order valence-electron chi connectivity index (χ1n) is 19.6. The van der Waals surface area contributed by atoms with Crippen molar-refractivity contribution in [3.8, 4) is 33.4 Å². The summed E-state index contributed by atoms with van der Waals surface area (Å²) in [7, 11) is 0. The van der Waals surface area contributed by atoms with Gasteiger partial charge in [-0.25, -0.2) is 0 Å². The molecule has 0 heterocycles. The summed E-state index contributed by atoms with van der Waals surface area (Å²) < 4.78 is 0. The van der Waals surface area contributed by atoms with Gasteiger partial charge in [-0.05, 0) is 118 Å². The predicted octanol–water partition coefficient (Wildman–Crippen LogP) is 15.4. The Bertz CT molecular complexity index is 3150. The molecule has 10 aromatic carbocycles. The molecule has 1 aliphatic carbocycles. The average Bonchev–Trinajstić information content (AvgIpc) is 3.50. The van der Waals surface area contributed by atoms with Crippen molar-refractivity contribution in [3.05, 3.63) is 211 Å². The highest BCUT2D eigenvalue weighted by molar-refractivity contribution is 6.17. The second-order valence-corrected chi connectivity index (χ2v) is 15.7. The summed E-state index contributed by atoms with van der Waals surface area (Å²) in [6.07, 6.45) is 0. The van der Waals surface area contributed by atoms with Crippen molar-refractivity contribution in [3.63, 3.8) is 0 Å². The van der Waals surface area contributed by atoms with Gasteiger partial charge >= 0.3 is 0 Å². The van der Waals surface area contributed by atoms with Crippen LogP contribution in [0.3, 0.4) is 0 Å². The molecule has 0 saturated carbocycles. The molecular weight excluding hydrogens is 675 g/mol. The Labute approximate surface area is 327 Å². The molecule has 0 spiro atoms. The topological polar surface area (TPSA) is 3.24 Å². The van der Waals surface area contributed by atoms with Gasteiger partial charge in [0.1, 0.15) is 0 Å². The lowest BCUT2D eigenvalue weighted by atomic mass is 9.82. The minimum absolute atomic E-state index is 0.0931. The molecule has 0 N–H and O–H groups in total. The second kappa shape index (κ2) is 12.5. The maximum atomic E-state index is 2.45. The quantitative estimate of drug-likeness (QED) is 0.161. The van der Waals surface area contributed by atoms with Crippen molar-refractivity contribution in [1.29, 1.82) is 0 Å². The summed E-state index contributed by atoms with van der Waals surface area (Å²) in [6.45, 7) is 4.71. The first kappa shape index (κ1) is 32.5. The zero-order chi connectivity index (χ0) is 37.4. The molecular formula is C55H39N. The van der Waals surface area contributed by atoms with Crippen molar-refractivity contribution in [1.82, 2.24) is 0 Å². The van der Waals surface area contributed by atoms with Gasteiger partial charge in [-0.15, -0.1) is 0 Å². The zero-order valence-corrected chi connectivity index (χ0v) is 31.5. The van der Waals surface area contributed by atoms with Crippen LogP contribution < -0.4 is 4.90 Å². The Morgan fingerprint density at radius 3 is 1.62 bits per heavy atom. The Hall–Kier alpha value is -6.96. The normalized spacial score (nSPS) is 13.0. The molecule has 0 fully saturated rings. The summed E-state index contributed by atoms with van der Waals surface area (Å²) in [4.78, 5) is 2.45. The van der Waals surface area contributed by atoms with Crippen LogP contribution in [-0.2, 0) is 5.41 Å². The van der Waals surface area contributed by atoms with E-state index in [4.69, 9.17) is 0 Å². The molecule has 264 valence electrons. The molecule has 1 nitrogen and oxygen atoms in total. The Morgan fingerprint density at radius 1 is 0.339 bits per heavy atom. The van der Waals surface area contributed by atoms with Crippen LogP contribution in [0.2, 0.25) is 0 Å². The van der Waals surface area contributed by atoms with Gasteiger partial charge in [0, 0.05) is 22.4 Å². The molecule has 0 saturated heterocycles. The van der Waals surface area contributed by atoms with Gasteiger partial charge in [0.2, 0.25) is 0 Å². The molecule has 0 unspecified atom stereocenters. The lowest BCUT2D eigenvalue weighted by molar-refractivity contribution is 0.660. The van der Waals surface area contributed by atoms with Gasteiger partial charge in [-0.2, -0.15) is 0 Å². The van der Waals surface area contributed by atoms with E-state index in [0.717, 1.165) is 11.4 Å². The Balaban J connectivity index is 1.03. The highest BCUT2D eigenvalue weighted by atomic mass is 15.1. The molecule has 0 radical (unpaired) electrons. The molecule has 0 aromatic heterocycles. The number of hydrogen-bond donors (Lipinski definition) is 0. The van der Waals surface area contributed by atoms with Gasteiger partial charge < -0.3 is 4.90 Å². The largest absolute Gasteiger partial charge is 0.310 e.